The van der Waals surface area contributed by atoms with E-state index >= 15 is 0 Å². The number of aryl methyl sites for hydroxylation is 2. The first-order valence-electron chi connectivity index (χ1n) is 19.0. The summed E-state index contributed by atoms with van der Waals surface area (Å²) in [5, 5.41) is 4.37. The Balaban J connectivity index is 1.13. The molecule has 0 radical (unpaired) electrons. The lowest BCUT2D eigenvalue weighted by atomic mass is 9.65. The van der Waals surface area contributed by atoms with Gasteiger partial charge in [0.15, 0.2) is 0 Å². The van der Waals surface area contributed by atoms with Gasteiger partial charge >= 0.3 is 0 Å². The van der Waals surface area contributed by atoms with Crippen LogP contribution in [0.2, 0.25) is 0 Å². The van der Waals surface area contributed by atoms with E-state index < -0.39 is 5.41 Å². The third-order valence-electron chi connectivity index (χ3n) is 12.1. The predicted molar refractivity (Wildman–Crippen MR) is 223 cm³/mol. The predicted octanol–water partition coefficient (Wildman–Crippen LogP) is 11.7. The lowest BCUT2D eigenvalue weighted by Gasteiger charge is -2.35. The summed E-state index contributed by atoms with van der Waals surface area (Å²) in [5.41, 5.74) is 17.8. The summed E-state index contributed by atoms with van der Waals surface area (Å²) in [6.07, 6.45) is 5.64. The molecule has 2 aliphatic carbocycles. The van der Waals surface area contributed by atoms with Crippen LogP contribution in [0.5, 0.6) is 0 Å². The highest BCUT2D eigenvalue weighted by Gasteiger charge is 2.49. The average molecular weight is 701 g/mol. The van der Waals surface area contributed by atoms with E-state index in [0.717, 1.165) is 79.0 Å². The van der Waals surface area contributed by atoms with Gasteiger partial charge in [-0.1, -0.05) is 121 Å². The van der Waals surface area contributed by atoms with Crippen molar-refractivity contribution in [2.45, 2.75) is 18.3 Å². The van der Waals surface area contributed by atoms with E-state index in [4.69, 9.17) is 19.9 Å². The van der Waals surface area contributed by atoms with Gasteiger partial charge in [-0.3, -0.25) is 9.97 Å². The normalized spacial score (nSPS) is 15.6. The van der Waals surface area contributed by atoms with Crippen LogP contribution in [0.15, 0.2) is 170 Å². The molecule has 4 heterocycles. The summed E-state index contributed by atoms with van der Waals surface area (Å²) in [6, 6.07) is 57.6. The molecule has 1 unspecified atom stereocenters. The van der Waals surface area contributed by atoms with Gasteiger partial charge in [0.25, 0.3) is 0 Å². The van der Waals surface area contributed by atoms with Crippen molar-refractivity contribution in [2.75, 3.05) is 0 Å². The second-order valence-electron chi connectivity index (χ2n) is 14.9. The maximum Gasteiger partial charge on any atom is 0.0972 e. The summed E-state index contributed by atoms with van der Waals surface area (Å²) < 4.78 is 0. The molecule has 1 spiro atoms. The first-order valence-corrected chi connectivity index (χ1v) is 19.0. The van der Waals surface area contributed by atoms with Gasteiger partial charge in [0.1, 0.15) is 0 Å². The van der Waals surface area contributed by atoms with Crippen molar-refractivity contribution in [1.82, 2.24) is 19.9 Å². The summed E-state index contributed by atoms with van der Waals surface area (Å²) in [6.45, 7) is 0. The van der Waals surface area contributed by atoms with Crippen molar-refractivity contribution in [3.8, 4) is 33.6 Å². The van der Waals surface area contributed by atoms with Crippen LogP contribution in [0.25, 0.3) is 77.3 Å². The molecule has 10 aromatic rings. The largest absolute Gasteiger partial charge is 0.254 e. The van der Waals surface area contributed by atoms with E-state index in [1.807, 2.05) is 24.5 Å². The van der Waals surface area contributed by atoms with E-state index in [2.05, 4.69) is 146 Å². The molecule has 256 valence electrons. The second-order valence-corrected chi connectivity index (χ2v) is 14.9. The Labute approximate surface area is 317 Å². The molecule has 0 saturated heterocycles. The zero-order chi connectivity index (χ0) is 36.1. The quantitative estimate of drug-likeness (QED) is 0.168. The number of hydrogen-bond acceptors (Lipinski definition) is 4. The van der Waals surface area contributed by atoms with Gasteiger partial charge in [0.2, 0.25) is 0 Å². The van der Waals surface area contributed by atoms with E-state index in [9.17, 15) is 0 Å². The van der Waals surface area contributed by atoms with Crippen LogP contribution in [0.4, 0.5) is 0 Å². The maximum absolute atomic E-state index is 5.32. The molecular weight excluding hydrogens is 669 g/mol. The molecular formula is C51H32N4. The fraction of sp³-hybridized carbons (Fsp3) is 0.0588. The topological polar surface area (TPSA) is 51.6 Å². The summed E-state index contributed by atoms with van der Waals surface area (Å²) >= 11 is 0. The van der Waals surface area contributed by atoms with Crippen LogP contribution < -0.4 is 0 Å². The first-order chi connectivity index (χ1) is 27.2. The molecule has 0 saturated carbocycles. The van der Waals surface area contributed by atoms with Crippen molar-refractivity contribution < 1.29 is 0 Å². The monoisotopic (exact) mass is 700 g/mol. The molecule has 0 amide bonds. The van der Waals surface area contributed by atoms with Crippen LogP contribution in [0.3, 0.4) is 0 Å². The highest BCUT2D eigenvalue weighted by atomic mass is 14.8. The molecule has 4 aromatic heterocycles. The highest BCUT2D eigenvalue weighted by molar-refractivity contribution is 6.04. The van der Waals surface area contributed by atoms with E-state index in [0.29, 0.717) is 0 Å². The minimum absolute atomic E-state index is 0.545. The zero-order valence-corrected chi connectivity index (χ0v) is 29.9. The van der Waals surface area contributed by atoms with Gasteiger partial charge in [0.05, 0.1) is 38.9 Å². The van der Waals surface area contributed by atoms with Gasteiger partial charge < -0.3 is 0 Å². The molecule has 12 rings (SSSR count). The Kier molecular flexibility index (Phi) is 6.35. The van der Waals surface area contributed by atoms with Crippen LogP contribution in [-0.4, -0.2) is 19.9 Å². The molecule has 4 nitrogen and oxygen atoms in total. The Morgan fingerprint density at radius 3 is 1.55 bits per heavy atom. The number of benzene rings is 6. The van der Waals surface area contributed by atoms with Crippen molar-refractivity contribution in [1.29, 1.82) is 0 Å². The van der Waals surface area contributed by atoms with Crippen molar-refractivity contribution in [3.05, 3.63) is 203 Å². The number of hydrogen-bond donors (Lipinski definition) is 0. The molecule has 0 fully saturated rings. The van der Waals surface area contributed by atoms with Crippen LogP contribution in [-0.2, 0) is 18.3 Å². The fourth-order valence-electron chi connectivity index (χ4n) is 9.61. The van der Waals surface area contributed by atoms with E-state index in [-0.39, 0.29) is 0 Å². The van der Waals surface area contributed by atoms with Crippen molar-refractivity contribution in [2.24, 2.45) is 0 Å². The molecule has 2 aliphatic rings. The SMILES string of the molecule is c1ccc2c(c1)CCc1ccc(-c3ccc4ccc5cccnc5c4n3)cc1C21c2ccccc2-c2ccc(-c3ccc4ccc5cccnc5c4n3)cc21. The summed E-state index contributed by atoms with van der Waals surface area (Å²) in [5.74, 6) is 0. The standard InChI is InChI=1S/C51H32N4/c1-3-11-41-31(7-1)13-14-32-15-20-37(45-25-22-35-18-16-33-8-5-27-52-47(33)49(35)54-45)29-43(32)51(41)42-12-4-2-10-39(42)40-24-21-38(30-44(40)51)46-26-23-36-19-17-34-9-6-28-53-48(34)50(36)55-46/h1-12,15-30H,13-14H2. The molecule has 4 heteroatoms. The minimum atomic E-state index is -0.545. The van der Waals surface area contributed by atoms with Gasteiger partial charge in [-0.05, 0) is 93.7 Å². The second kappa shape index (κ2) is 11.5. The Hall–Kier alpha value is -7.04. The lowest BCUT2D eigenvalue weighted by molar-refractivity contribution is 0.762. The molecule has 6 aromatic carbocycles. The molecule has 0 N–H and O–H groups in total. The van der Waals surface area contributed by atoms with Crippen LogP contribution in [0.1, 0.15) is 33.4 Å². The van der Waals surface area contributed by atoms with Gasteiger partial charge in [-0.25, -0.2) is 9.97 Å². The average Bonchev–Trinajstić information content (AvgIpc) is 3.46. The number of pyridine rings is 4. The third-order valence-corrected chi connectivity index (χ3v) is 12.1. The van der Waals surface area contributed by atoms with Crippen LogP contribution in [0, 0.1) is 0 Å². The smallest absolute Gasteiger partial charge is 0.0972 e. The van der Waals surface area contributed by atoms with E-state index in [1.165, 1.54) is 44.5 Å². The Morgan fingerprint density at radius 1 is 0.364 bits per heavy atom. The number of fused-ring (bicyclic) bond motifs is 15. The van der Waals surface area contributed by atoms with E-state index in [1.54, 1.807) is 0 Å². The number of nitrogens with zero attached hydrogens (tertiary/aromatic N) is 4. The van der Waals surface area contributed by atoms with Gasteiger partial charge in [-0.15, -0.1) is 0 Å². The number of rotatable bonds is 2. The van der Waals surface area contributed by atoms with Crippen LogP contribution >= 0.6 is 0 Å². The van der Waals surface area contributed by atoms with Crippen molar-refractivity contribution >= 4 is 43.6 Å². The Bertz CT molecular complexity index is 3240. The molecule has 55 heavy (non-hydrogen) atoms. The highest BCUT2D eigenvalue weighted by Crippen LogP contribution is 2.59. The molecule has 0 bridgehead atoms. The maximum atomic E-state index is 5.32. The fourth-order valence-corrected chi connectivity index (χ4v) is 9.61. The lowest BCUT2D eigenvalue weighted by Crippen LogP contribution is -2.30. The van der Waals surface area contributed by atoms with Gasteiger partial charge in [0, 0.05) is 45.1 Å². The zero-order valence-electron chi connectivity index (χ0n) is 29.9. The van der Waals surface area contributed by atoms with Gasteiger partial charge in [-0.2, -0.15) is 0 Å². The number of aromatic nitrogens is 4. The summed E-state index contributed by atoms with van der Waals surface area (Å²) in [7, 11) is 0. The summed E-state index contributed by atoms with van der Waals surface area (Å²) in [4.78, 5) is 20.1. The first kappa shape index (κ1) is 30.4. The molecule has 0 aliphatic heterocycles. The Morgan fingerprint density at radius 2 is 0.873 bits per heavy atom. The van der Waals surface area contributed by atoms with Crippen molar-refractivity contribution in [3.63, 3.8) is 0 Å². The minimum Gasteiger partial charge on any atom is -0.254 e. The molecule has 1 atom stereocenters. The third kappa shape index (κ3) is 4.34.